The lowest BCUT2D eigenvalue weighted by atomic mass is 10.1. The first kappa shape index (κ1) is 15.6. The number of benzene rings is 1. The molecule has 3 nitrogen and oxygen atoms in total. The highest BCUT2D eigenvalue weighted by Crippen LogP contribution is 2.20. The lowest BCUT2D eigenvalue weighted by Gasteiger charge is -1.99. The third-order valence-corrected chi connectivity index (χ3v) is 4.75. The number of pyridine rings is 1. The van der Waals surface area contributed by atoms with Gasteiger partial charge in [0.15, 0.2) is 0 Å². The van der Waals surface area contributed by atoms with Crippen LogP contribution < -0.4 is 0 Å². The summed E-state index contributed by atoms with van der Waals surface area (Å²) in [6.45, 7) is 2.57. The minimum atomic E-state index is 0.467. The number of rotatable bonds is 6. The van der Waals surface area contributed by atoms with Gasteiger partial charge in [0.2, 0.25) is 0 Å². The predicted octanol–water partition coefficient (Wildman–Crippen LogP) is 5.16. The molecule has 2 aromatic heterocycles. The van der Waals surface area contributed by atoms with Crippen molar-refractivity contribution < 1.29 is 4.76 Å². The smallest absolute Gasteiger partial charge is 0.146 e. The lowest BCUT2D eigenvalue weighted by Crippen LogP contribution is -2.05. The highest BCUT2D eigenvalue weighted by atomic mass is 32.1. The summed E-state index contributed by atoms with van der Waals surface area (Å²) in [7, 11) is 0. The Kier molecular flexibility index (Phi) is 4.93. The second-order valence-electron chi connectivity index (χ2n) is 5.49. The quantitative estimate of drug-likeness (QED) is 0.587. The number of aryl methyl sites for hydroxylation is 2. The van der Waals surface area contributed by atoms with Gasteiger partial charge in [0.1, 0.15) is 12.7 Å². The fourth-order valence-corrected chi connectivity index (χ4v) is 3.40. The van der Waals surface area contributed by atoms with E-state index in [9.17, 15) is 4.91 Å². The summed E-state index contributed by atoms with van der Waals surface area (Å²) in [6, 6.07) is 18.1. The van der Waals surface area contributed by atoms with Gasteiger partial charge in [-0.2, -0.15) is 0 Å². The molecule has 0 bridgehead atoms. The van der Waals surface area contributed by atoms with Crippen molar-refractivity contribution in [1.82, 2.24) is 4.98 Å². The molecule has 0 spiro atoms. The van der Waals surface area contributed by atoms with E-state index in [1.807, 2.05) is 36.4 Å². The highest BCUT2D eigenvalue weighted by molar-refractivity contribution is 7.11. The normalized spacial score (nSPS) is 10.7. The van der Waals surface area contributed by atoms with E-state index in [1.54, 1.807) is 23.6 Å². The number of nitroso groups, excluding NO2 is 1. The van der Waals surface area contributed by atoms with E-state index in [0.717, 1.165) is 28.7 Å². The molecule has 3 rings (SSSR count). The number of nitrogens with zero attached hydrogens (tertiary/aromatic N) is 2. The van der Waals surface area contributed by atoms with Gasteiger partial charge in [0, 0.05) is 21.4 Å². The van der Waals surface area contributed by atoms with Gasteiger partial charge in [-0.1, -0.05) is 35.2 Å². The van der Waals surface area contributed by atoms with Crippen LogP contribution in [-0.4, -0.2) is 16.3 Å². The van der Waals surface area contributed by atoms with Gasteiger partial charge in [-0.15, -0.1) is 11.3 Å². The van der Waals surface area contributed by atoms with Crippen molar-refractivity contribution >= 4 is 17.2 Å². The molecule has 0 amide bonds. The second-order valence-corrected chi connectivity index (χ2v) is 6.86. The molecule has 2 heterocycles. The number of hydrogen-bond donors (Lipinski definition) is 0. The zero-order chi connectivity index (χ0) is 16.1. The Balaban J connectivity index is 1.57. The third kappa shape index (κ3) is 4.11. The maximum Gasteiger partial charge on any atom is 0.360 e. The van der Waals surface area contributed by atoms with E-state index in [4.69, 9.17) is 0 Å². The second kappa shape index (κ2) is 7.29. The SMILES string of the molecule is Cc1ccc(CCC[N+](=O)c2ccc(-c3ccccc3)cn2)s1. The summed E-state index contributed by atoms with van der Waals surface area (Å²) in [5, 5.41) is 0. The van der Waals surface area contributed by atoms with E-state index in [-0.39, 0.29) is 0 Å². The maximum absolute atomic E-state index is 12.1. The van der Waals surface area contributed by atoms with Crippen molar-refractivity contribution in [2.75, 3.05) is 6.54 Å². The van der Waals surface area contributed by atoms with Gasteiger partial charge >= 0.3 is 5.82 Å². The van der Waals surface area contributed by atoms with E-state index >= 15 is 0 Å². The number of aromatic nitrogens is 1. The molecule has 0 saturated heterocycles. The first-order chi connectivity index (χ1) is 11.2. The van der Waals surface area contributed by atoms with Crippen LogP contribution in [0.25, 0.3) is 11.1 Å². The molecule has 0 aliphatic rings. The zero-order valence-electron chi connectivity index (χ0n) is 13.1. The summed E-state index contributed by atoms with van der Waals surface area (Å²) in [4.78, 5) is 19.1. The maximum atomic E-state index is 12.1. The molecule has 0 radical (unpaired) electrons. The van der Waals surface area contributed by atoms with Gasteiger partial charge in [-0.25, -0.2) is 0 Å². The molecular weight excluding hydrogens is 304 g/mol. The molecule has 0 aliphatic heterocycles. The molecule has 0 aliphatic carbocycles. The Hall–Kier alpha value is -2.33. The minimum Gasteiger partial charge on any atom is -0.146 e. The molecule has 0 fully saturated rings. The third-order valence-electron chi connectivity index (χ3n) is 3.69. The van der Waals surface area contributed by atoms with E-state index < -0.39 is 0 Å². The van der Waals surface area contributed by atoms with Crippen molar-refractivity contribution in [3.8, 4) is 11.1 Å². The van der Waals surface area contributed by atoms with Crippen molar-refractivity contribution in [1.29, 1.82) is 0 Å². The Labute approximate surface area is 140 Å². The molecule has 116 valence electrons. The summed E-state index contributed by atoms with van der Waals surface area (Å²) in [5.74, 6) is 0.479. The van der Waals surface area contributed by atoms with Crippen LogP contribution in [0.1, 0.15) is 16.2 Å². The summed E-state index contributed by atoms with van der Waals surface area (Å²) < 4.78 is 0.981. The molecule has 0 saturated carbocycles. The van der Waals surface area contributed by atoms with Crippen molar-refractivity contribution in [2.24, 2.45) is 0 Å². The summed E-state index contributed by atoms with van der Waals surface area (Å²) in [5.41, 5.74) is 2.13. The Morgan fingerprint density at radius 2 is 1.83 bits per heavy atom. The minimum absolute atomic E-state index is 0.467. The predicted molar refractivity (Wildman–Crippen MR) is 95.2 cm³/mol. The van der Waals surface area contributed by atoms with Crippen molar-refractivity contribution in [3.63, 3.8) is 0 Å². The average Bonchev–Trinajstić information content (AvgIpc) is 3.01. The van der Waals surface area contributed by atoms with E-state index in [1.165, 1.54) is 9.75 Å². The van der Waals surface area contributed by atoms with Crippen LogP contribution in [-0.2, 0) is 6.42 Å². The van der Waals surface area contributed by atoms with Crippen molar-refractivity contribution in [2.45, 2.75) is 19.8 Å². The monoisotopic (exact) mass is 323 g/mol. The molecule has 0 atom stereocenters. The topological polar surface area (TPSA) is 33.0 Å². The van der Waals surface area contributed by atoms with Crippen molar-refractivity contribution in [3.05, 3.63) is 75.5 Å². The van der Waals surface area contributed by atoms with Gasteiger partial charge in [0.05, 0.1) is 0 Å². The molecular formula is C19H19N2OS+. The van der Waals surface area contributed by atoms with Crippen LogP contribution in [0.5, 0.6) is 0 Å². The Morgan fingerprint density at radius 3 is 2.48 bits per heavy atom. The van der Waals surface area contributed by atoms with Gasteiger partial charge < -0.3 is 0 Å². The average molecular weight is 323 g/mol. The van der Waals surface area contributed by atoms with Crippen LogP contribution in [0.3, 0.4) is 0 Å². The molecule has 0 unspecified atom stereocenters. The van der Waals surface area contributed by atoms with Gasteiger partial charge in [0.25, 0.3) is 0 Å². The van der Waals surface area contributed by atoms with Crippen LogP contribution in [0.15, 0.2) is 60.8 Å². The number of thiophene rings is 1. The van der Waals surface area contributed by atoms with Crippen LogP contribution in [0.2, 0.25) is 0 Å². The van der Waals surface area contributed by atoms with Crippen LogP contribution in [0.4, 0.5) is 5.82 Å². The van der Waals surface area contributed by atoms with Crippen LogP contribution in [0, 0.1) is 11.8 Å². The fourth-order valence-electron chi connectivity index (χ4n) is 2.47. The lowest BCUT2D eigenvalue weighted by molar-refractivity contribution is -0.467. The molecule has 3 aromatic rings. The highest BCUT2D eigenvalue weighted by Gasteiger charge is 2.14. The van der Waals surface area contributed by atoms with Crippen LogP contribution >= 0.6 is 11.3 Å². The zero-order valence-corrected chi connectivity index (χ0v) is 13.9. The van der Waals surface area contributed by atoms with Gasteiger partial charge in [-0.3, -0.25) is 0 Å². The fraction of sp³-hybridized carbons (Fsp3) is 0.211. The first-order valence-corrected chi connectivity index (χ1v) is 8.55. The molecule has 4 heteroatoms. The standard InChI is InChI=1S/C19H19N2OS/c1-15-9-11-18(23-15)8-5-13-21(22)19-12-10-17(14-20-19)16-6-3-2-4-7-16/h2-4,6-7,9-12,14H,5,8,13H2,1H3/q+1. The Morgan fingerprint density at radius 1 is 1.00 bits per heavy atom. The van der Waals surface area contributed by atoms with Gasteiger partial charge in [-0.05, 0) is 53.3 Å². The largest absolute Gasteiger partial charge is 0.360 e. The molecule has 0 N–H and O–H groups in total. The molecule has 1 aromatic carbocycles. The molecule has 23 heavy (non-hydrogen) atoms. The number of hydrogen-bond acceptors (Lipinski definition) is 3. The summed E-state index contributed by atoms with van der Waals surface area (Å²) in [6.07, 6.45) is 3.54. The van der Waals surface area contributed by atoms with E-state index in [2.05, 4.69) is 24.0 Å². The summed E-state index contributed by atoms with van der Waals surface area (Å²) >= 11 is 1.80. The first-order valence-electron chi connectivity index (χ1n) is 7.74. The van der Waals surface area contributed by atoms with E-state index in [0.29, 0.717) is 12.4 Å². The Bertz CT molecular complexity index is 779.